The van der Waals surface area contributed by atoms with E-state index in [9.17, 15) is 4.79 Å². The van der Waals surface area contributed by atoms with Gasteiger partial charge in [0.2, 0.25) is 5.95 Å². The number of anilines is 1. The lowest BCUT2D eigenvalue weighted by Gasteiger charge is -2.16. The van der Waals surface area contributed by atoms with Crippen LogP contribution in [0, 0.1) is 5.92 Å². The Bertz CT molecular complexity index is 324. The van der Waals surface area contributed by atoms with Crippen LogP contribution < -0.4 is 5.32 Å². The van der Waals surface area contributed by atoms with Gasteiger partial charge in [-0.05, 0) is 24.3 Å². The zero-order valence-electron chi connectivity index (χ0n) is 8.30. The fourth-order valence-electron chi connectivity index (χ4n) is 0.894. The Morgan fingerprint density at radius 1 is 1.57 bits per heavy atom. The summed E-state index contributed by atoms with van der Waals surface area (Å²) in [7, 11) is 1.68. The van der Waals surface area contributed by atoms with Crippen LogP contribution in [0.15, 0.2) is 0 Å². The monoisotopic (exact) mass is 199 g/mol. The van der Waals surface area contributed by atoms with Crippen LogP contribution in [0.4, 0.5) is 5.95 Å². The van der Waals surface area contributed by atoms with Crippen LogP contribution in [0.2, 0.25) is 0 Å². The van der Waals surface area contributed by atoms with Gasteiger partial charge in [-0.2, -0.15) is 0 Å². The summed E-state index contributed by atoms with van der Waals surface area (Å²) < 4.78 is 1.45. The number of carboxylic acid groups (broad SMARTS) is 1. The van der Waals surface area contributed by atoms with Gasteiger partial charge in [-0.3, -0.25) is 4.79 Å². The third kappa shape index (κ3) is 2.18. The Hall–Kier alpha value is -1.66. The molecular formula is C7H13N5O2. The van der Waals surface area contributed by atoms with Gasteiger partial charge < -0.3 is 10.4 Å². The molecule has 2 N–H and O–H groups in total. The summed E-state index contributed by atoms with van der Waals surface area (Å²) in [6, 6.07) is -0.225. The van der Waals surface area contributed by atoms with E-state index in [0.29, 0.717) is 5.95 Å². The topological polar surface area (TPSA) is 92.9 Å². The molecule has 0 aliphatic rings. The van der Waals surface area contributed by atoms with Gasteiger partial charge in [-0.1, -0.05) is 5.10 Å². The molecule has 7 heteroatoms. The third-order valence-electron chi connectivity index (χ3n) is 2.12. The van der Waals surface area contributed by atoms with E-state index in [2.05, 4.69) is 20.8 Å². The fourth-order valence-corrected chi connectivity index (χ4v) is 0.894. The van der Waals surface area contributed by atoms with Gasteiger partial charge in [0.1, 0.15) is 0 Å². The van der Waals surface area contributed by atoms with E-state index in [0.717, 1.165) is 0 Å². The van der Waals surface area contributed by atoms with Gasteiger partial charge in [0.25, 0.3) is 0 Å². The van der Waals surface area contributed by atoms with Crippen molar-refractivity contribution in [2.75, 3.05) is 5.32 Å². The zero-order valence-corrected chi connectivity index (χ0v) is 8.30. The third-order valence-corrected chi connectivity index (χ3v) is 2.12. The number of nitrogens with one attached hydrogen (secondary N) is 1. The predicted molar refractivity (Wildman–Crippen MR) is 48.7 cm³/mol. The number of aliphatic carboxylic acids is 1. The van der Waals surface area contributed by atoms with E-state index in [1.54, 1.807) is 20.9 Å². The Balaban J connectivity index is 2.61. The average Bonchev–Trinajstić information content (AvgIpc) is 2.50. The van der Waals surface area contributed by atoms with Crippen molar-refractivity contribution >= 4 is 11.9 Å². The van der Waals surface area contributed by atoms with Gasteiger partial charge in [0.05, 0.1) is 5.92 Å². The first-order valence-corrected chi connectivity index (χ1v) is 4.24. The van der Waals surface area contributed by atoms with Crippen molar-refractivity contribution in [1.82, 2.24) is 20.2 Å². The fraction of sp³-hybridized carbons (Fsp3) is 0.714. The highest BCUT2D eigenvalue weighted by atomic mass is 16.4. The molecule has 0 saturated carbocycles. The van der Waals surface area contributed by atoms with E-state index in [1.165, 1.54) is 4.68 Å². The van der Waals surface area contributed by atoms with Gasteiger partial charge in [-0.25, -0.2) is 4.68 Å². The predicted octanol–water partition coefficient (Wildman–Crippen LogP) is -0.269. The SMILES string of the molecule is CC(Nc1nnnn1C)C(C)C(=O)O. The summed E-state index contributed by atoms with van der Waals surface area (Å²) in [4.78, 5) is 10.7. The summed E-state index contributed by atoms with van der Waals surface area (Å²) in [6.45, 7) is 3.40. The number of aromatic nitrogens is 4. The quantitative estimate of drug-likeness (QED) is 0.693. The van der Waals surface area contributed by atoms with Crippen molar-refractivity contribution in [1.29, 1.82) is 0 Å². The lowest BCUT2D eigenvalue weighted by atomic mass is 10.0. The molecule has 78 valence electrons. The molecule has 1 aromatic rings. The molecule has 0 spiro atoms. The van der Waals surface area contributed by atoms with E-state index in [-0.39, 0.29) is 6.04 Å². The minimum Gasteiger partial charge on any atom is -0.481 e. The minimum absolute atomic E-state index is 0.225. The largest absolute Gasteiger partial charge is 0.481 e. The zero-order chi connectivity index (χ0) is 10.7. The summed E-state index contributed by atoms with van der Waals surface area (Å²) >= 11 is 0. The van der Waals surface area contributed by atoms with Crippen molar-refractivity contribution < 1.29 is 9.90 Å². The molecule has 0 fully saturated rings. The molecule has 0 radical (unpaired) electrons. The van der Waals surface area contributed by atoms with Crippen LogP contribution in [0.25, 0.3) is 0 Å². The van der Waals surface area contributed by atoms with Crippen molar-refractivity contribution in [3.8, 4) is 0 Å². The molecule has 0 aliphatic heterocycles. The van der Waals surface area contributed by atoms with Crippen LogP contribution in [-0.2, 0) is 11.8 Å². The van der Waals surface area contributed by atoms with E-state index >= 15 is 0 Å². The second-order valence-corrected chi connectivity index (χ2v) is 3.19. The lowest BCUT2D eigenvalue weighted by molar-refractivity contribution is -0.141. The summed E-state index contributed by atoms with van der Waals surface area (Å²) in [5.74, 6) is -0.877. The van der Waals surface area contributed by atoms with Crippen LogP contribution >= 0.6 is 0 Å². The molecule has 1 rings (SSSR count). The molecule has 14 heavy (non-hydrogen) atoms. The normalized spacial score (nSPS) is 14.8. The smallest absolute Gasteiger partial charge is 0.308 e. The maximum atomic E-state index is 10.7. The van der Waals surface area contributed by atoms with Crippen LogP contribution in [0.3, 0.4) is 0 Å². The molecule has 1 aromatic heterocycles. The van der Waals surface area contributed by atoms with Gasteiger partial charge in [-0.15, -0.1) is 0 Å². The van der Waals surface area contributed by atoms with Crippen LogP contribution in [0.5, 0.6) is 0 Å². The molecule has 0 aliphatic carbocycles. The maximum absolute atomic E-state index is 10.7. The Morgan fingerprint density at radius 3 is 2.64 bits per heavy atom. The van der Waals surface area contributed by atoms with Gasteiger partial charge in [0.15, 0.2) is 0 Å². The number of carboxylic acids is 1. The number of rotatable bonds is 4. The average molecular weight is 199 g/mol. The lowest BCUT2D eigenvalue weighted by Crippen LogP contribution is -2.30. The Labute approximate surface area is 81.1 Å². The van der Waals surface area contributed by atoms with Crippen molar-refractivity contribution in [3.05, 3.63) is 0 Å². The highest BCUT2D eigenvalue weighted by Gasteiger charge is 2.20. The number of nitrogens with zero attached hydrogens (tertiary/aromatic N) is 4. The molecule has 1 heterocycles. The highest BCUT2D eigenvalue weighted by molar-refractivity contribution is 5.70. The second-order valence-electron chi connectivity index (χ2n) is 3.19. The molecule has 0 saturated heterocycles. The molecule has 0 aromatic carbocycles. The molecule has 7 nitrogen and oxygen atoms in total. The molecule has 2 unspecified atom stereocenters. The highest BCUT2D eigenvalue weighted by Crippen LogP contribution is 2.08. The number of hydrogen-bond donors (Lipinski definition) is 2. The molecule has 0 bridgehead atoms. The first kappa shape index (κ1) is 10.4. The first-order chi connectivity index (χ1) is 6.52. The van der Waals surface area contributed by atoms with Crippen molar-refractivity contribution in [3.63, 3.8) is 0 Å². The summed E-state index contributed by atoms with van der Waals surface area (Å²) in [6.07, 6.45) is 0. The summed E-state index contributed by atoms with van der Waals surface area (Å²) in [5, 5.41) is 22.4. The van der Waals surface area contributed by atoms with Crippen LogP contribution in [0.1, 0.15) is 13.8 Å². The van der Waals surface area contributed by atoms with Crippen molar-refractivity contribution in [2.45, 2.75) is 19.9 Å². The molecule has 0 amide bonds. The van der Waals surface area contributed by atoms with E-state index in [1.807, 2.05) is 0 Å². The van der Waals surface area contributed by atoms with Gasteiger partial charge in [0, 0.05) is 13.1 Å². The van der Waals surface area contributed by atoms with E-state index < -0.39 is 11.9 Å². The standard InChI is InChI=1S/C7H13N5O2/c1-4(6(13)14)5(2)8-7-9-10-11-12(7)3/h4-5H,1-3H3,(H,13,14)(H,8,9,11). The molecule has 2 atom stereocenters. The number of tetrazole rings is 1. The Kier molecular flexibility index (Phi) is 3.00. The van der Waals surface area contributed by atoms with Crippen LogP contribution in [-0.4, -0.2) is 37.3 Å². The van der Waals surface area contributed by atoms with E-state index in [4.69, 9.17) is 5.11 Å². The first-order valence-electron chi connectivity index (χ1n) is 4.24. The Morgan fingerprint density at radius 2 is 2.21 bits per heavy atom. The minimum atomic E-state index is -0.847. The number of hydrogen-bond acceptors (Lipinski definition) is 5. The maximum Gasteiger partial charge on any atom is 0.308 e. The molecular weight excluding hydrogens is 186 g/mol. The summed E-state index contributed by atoms with van der Waals surface area (Å²) in [5.41, 5.74) is 0. The number of carbonyl (C=O) groups is 1. The second kappa shape index (κ2) is 4.03. The van der Waals surface area contributed by atoms with Crippen molar-refractivity contribution in [2.24, 2.45) is 13.0 Å². The van der Waals surface area contributed by atoms with Gasteiger partial charge >= 0.3 is 5.97 Å². The number of aryl methyl sites for hydroxylation is 1.